The van der Waals surface area contributed by atoms with Gasteiger partial charge in [-0.25, -0.2) is 4.79 Å². The largest absolute Gasteiger partial charge is 0.444 e. The van der Waals surface area contributed by atoms with Gasteiger partial charge in [0.1, 0.15) is 5.60 Å². The number of hydrogen-bond donors (Lipinski definition) is 2. The molecule has 2 N–H and O–H groups in total. The topological polar surface area (TPSA) is 50.4 Å². The number of nitrogens with one attached hydrogen (secondary N) is 2. The van der Waals surface area contributed by atoms with E-state index < -0.39 is 5.60 Å². The van der Waals surface area contributed by atoms with E-state index >= 15 is 0 Å². The van der Waals surface area contributed by atoms with E-state index in [1.165, 1.54) is 30.4 Å². The average Bonchev–Trinajstić information content (AvgIpc) is 3.08. The number of aryl methyl sites for hydroxylation is 1. The molecule has 0 bridgehead atoms. The number of carbonyl (C=O) groups excluding carboxylic acids is 1. The van der Waals surface area contributed by atoms with Crippen molar-refractivity contribution in [3.05, 3.63) is 34.3 Å². The van der Waals surface area contributed by atoms with E-state index in [0.29, 0.717) is 30.0 Å². The van der Waals surface area contributed by atoms with Crippen LogP contribution in [0.5, 0.6) is 0 Å². The van der Waals surface area contributed by atoms with Gasteiger partial charge in [0.15, 0.2) is 0 Å². The Bertz CT molecular complexity index is 708. The highest BCUT2D eigenvalue weighted by molar-refractivity contribution is 6.30. The molecule has 0 saturated heterocycles. The summed E-state index contributed by atoms with van der Waals surface area (Å²) in [5.74, 6) is 0.556. The summed E-state index contributed by atoms with van der Waals surface area (Å²) < 4.78 is 5.29. The van der Waals surface area contributed by atoms with Crippen molar-refractivity contribution in [3.8, 4) is 0 Å². The quantitative estimate of drug-likeness (QED) is 0.828. The third-order valence-electron chi connectivity index (χ3n) is 6.13. The van der Waals surface area contributed by atoms with E-state index in [1.807, 2.05) is 26.8 Å². The first-order chi connectivity index (χ1) is 12.2. The van der Waals surface area contributed by atoms with Crippen LogP contribution in [0.4, 0.5) is 4.79 Å². The molecule has 1 aromatic carbocycles. The van der Waals surface area contributed by atoms with Gasteiger partial charge in [0, 0.05) is 29.1 Å². The molecule has 1 aromatic rings. The first kappa shape index (κ1) is 18.1. The lowest BCUT2D eigenvalue weighted by atomic mass is 9.80. The summed E-state index contributed by atoms with van der Waals surface area (Å²) in [5.41, 5.74) is 2.85. The Morgan fingerprint density at radius 1 is 1.35 bits per heavy atom. The predicted molar refractivity (Wildman–Crippen MR) is 104 cm³/mol. The third kappa shape index (κ3) is 3.59. The monoisotopic (exact) mass is 376 g/mol. The maximum Gasteiger partial charge on any atom is 0.407 e. The van der Waals surface area contributed by atoms with Crippen molar-refractivity contribution in [1.82, 2.24) is 10.6 Å². The van der Waals surface area contributed by atoms with Crippen molar-refractivity contribution in [2.45, 2.75) is 76.0 Å². The van der Waals surface area contributed by atoms with E-state index in [0.717, 1.165) is 17.9 Å². The molecule has 4 rings (SSSR count). The normalized spacial score (nSPS) is 32.1. The number of ether oxygens (including phenoxy) is 1. The lowest BCUT2D eigenvalue weighted by Crippen LogP contribution is -2.48. The molecule has 0 aliphatic heterocycles. The maximum atomic E-state index is 11.7. The minimum absolute atomic E-state index is 0.311. The molecule has 3 aliphatic rings. The van der Waals surface area contributed by atoms with Crippen LogP contribution in [0.2, 0.25) is 5.02 Å². The maximum absolute atomic E-state index is 11.7. The number of benzene rings is 1. The second-order valence-corrected chi connectivity index (χ2v) is 9.73. The van der Waals surface area contributed by atoms with Crippen molar-refractivity contribution in [3.63, 3.8) is 0 Å². The molecule has 2 fully saturated rings. The smallest absolute Gasteiger partial charge is 0.407 e. The molecule has 0 aromatic heterocycles. The van der Waals surface area contributed by atoms with Crippen LogP contribution in [0.15, 0.2) is 18.2 Å². The molecule has 142 valence electrons. The molecule has 4 nitrogen and oxygen atoms in total. The van der Waals surface area contributed by atoms with Crippen LogP contribution in [-0.2, 0) is 16.6 Å². The average molecular weight is 377 g/mol. The van der Waals surface area contributed by atoms with Crippen LogP contribution in [0.25, 0.3) is 0 Å². The second-order valence-electron chi connectivity index (χ2n) is 9.30. The van der Waals surface area contributed by atoms with Crippen molar-refractivity contribution < 1.29 is 9.53 Å². The van der Waals surface area contributed by atoms with Gasteiger partial charge < -0.3 is 15.4 Å². The number of fused-ring (bicyclic) bond motifs is 2. The van der Waals surface area contributed by atoms with Crippen LogP contribution in [-0.4, -0.2) is 30.3 Å². The standard InChI is InChI=1S/C21H29ClN2O2/c1-20(2,3)26-19(25)23-12-13-8-16(9-13)24-18-11-21(18)7-6-14-4-5-15(22)10-17(14)21/h4-5,10,13,16,18,24H,6-9,11-12H2,1-3H3,(H,23,25). The summed E-state index contributed by atoms with van der Waals surface area (Å²) >= 11 is 6.22. The summed E-state index contributed by atoms with van der Waals surface area (Å²) in [6, 6.07) is 7.56. The zero-order valence-corrected chi connectivity index (χ0v) is 16.7. The number of alkyl carbamates (subject to hydrolysis) is 1. The first-order valence-corrected chi connectivity index (χ1v) is 10.1. The van der Waals surface area contributed by atoms with E-state index in [4.69, 9.17) is 16.3 Å². The van der Waals surface area contributed by atoms with Gasteiger partial charge in [-0.3, -0.25) is 0 Å². The van der Waals surface area contributed by atoms with Crippen LogP contribution in [0.3, 0.4) is 0 Å². The van der Waals surface area contributed by atoms with Gasteiger partial charge in [-0.05, 0) is 82.1 Å². The lowest BCUT2D eigenvalue weighted by Gasteiger charge is -2.37. The minimum atomic E-state index is -0.436. The minimum Gasteiger partial charge on any atom is -0.444 e. The molecule has 26 heavy (non-hydrogen) atoms. The SMILES string of the molecule is CC(C)(C)OC(=O)NCC1CC(NC2CC23CCc2ccc(Cl)cc23)C1. The first-order valence-electron chi connectivity index (χ1n) is 9.77. The number of amides is 1. The molecule has 1 spiro atoms. The van der Waals surface area contributed by atoms with E-state index in [1.54, 1.807) is 0 Å². The fourth-order valence-electron chi connectivity index (χ4n) is 4.69. The fourth-order valence-corrected chi connectivity index (χ4v) is 4.86. The van der Waals surface area contributed by atoms with Crippen molar-refractivity contribution >= 4 is 17.7 Å². The number of halogens is 1. The molecule has 2 atom stereocenters. The Labute approximate surface area is 161 Å². The number of hydrogen-bond acceptors (Lipinski definition) is 3. The van der Waals surface area contributed by atoms with Gasteiger partial charge >= 0.3 is 6.09 Å². The molecule has 1 amide bonds. The number of rotatable bonds is 4. The highest BCUT2D eigenvalue weighted by atomic mass is 35.5. The van der Waals surface area contributed by atoms with Crippen LogP contribution in [0.1, 0.15) is 57.6 Å². The van der Waals surface area contributed by atoms with Crippen molar-refractivity contribution in [2.75, 3.05) is 6.54 Å². The Balaban J connectivity index is 1.21. The Morgan fingerprint density at radius 3 is 2.85 bits per heavy atom. The zero-order chi connectivity index (χ0) is 18.5. The van der Waals surface area contributed by atoms with Crippen LogP contribution in [0, 0.1) is 5.92 Å². The van der Waals surface area contributed by atoms with Crippen LogP contribution >= 0.6 is 11.6 Å². The molecular weight excluding hydrogens is 348 g/mol. The summed E-state index contributed by atoms with van der Waals surface area (Å²) in [5, 5.41) is 7.60. The zero-order valence-electron chi connectivity index (χ0n) is 15.9. The summed E-state index contributed by atoms with van der Waals surface area (Å²) in [6.45, 7) is 6.36. The molecule has 2 unspecified atom stereocenters. The predicted octanol–water partition coefficient (Wildman–Crippen LogP) is 4.19. The summed E-state index contributed by atoms with van der Waals surface area (Å²) in [6.07, 6.45) is 5.61. The second kappa shape index (κ2) is 6.42. The van der Waals surface area contributed by atoms with Gasteiger partial charge in [-0.15, -0.1) is 0 Å². The van der Waals surface area contributed by atoms with E-state index in [2.05, 4.69) is 22.8 Å². The molecular formula is C21H29ClN2O2. The van der Waals surface area contributed by atoms with Gasteiger partial charge in [0.25, 0.3) is 0 Å². The number of carbonyl (C=O) groups is 1. The Kier molecular flexibility index (Phi) is 4.47. The molecule has 0 radical (unpaired) electrons. The molecule has 3 aliphatic carbocycles. The Morgan fingerprint density at radius 2 is 2.12 bits per heavy atom. The van der Waals surface area contributed by atoms with Crippen molar-refractivity contribution in [2.24, 2.45) is 5.92 Å². The van der Waals surface area contributed by atoms with Gasteiger partial charge in [0.2, 0.25) is 0 Å². The van der Waals surface area contributed by atoms with Gasteiger partial charge in [-0.2, -0.15) is 0 Å². The van der Waals surface area contributed by atoms with Gasteiger partial charge in [0.05, 0.1) is 0 Å². The van der Waals surface area contributed by atoms with Crippen LogP contribution < -0.4 is 10.6 Å². The fraction of sp³-hybridized carbons (Fsp3) is 0.667. The summed E-state index contributed by atoms with van der Waals surface area (Å²) in [7, 11) is 0. The van der Waals surface area contributed by atoms with Crippen molar-refractivity contribution in [1.29, 1.82) is 0 Å². The summed E-state index contributed by atoms with van der Waals surface area (Å²) in [4.78, 5) is 11.7. The van der Waals surface area contributed by atoms with E-state index in [-0.39, 0.29) is 6.09 Å². The lowest BCUT2D eigenvalue weighted by molar-refractivity contribution is 0.0503. The molecule has 5 heteroatoms. The Hall–Kier alpha value is -1.26. The third-order valence-corrected chi connectivity index (χ3v) is 6.37. The highest BCUT2D eigenvalue weighted by Crippen LogP contribution is 2.57. The molecule has 0 heterocycles. The highest BCUT2D eigenvalue weighted by Gasteiger charge is 2.58. The molecule has 2 saturated carbocycles. The van der Waals surface area contributed by atoms with E-state index in [9.17, 15) is 4.79 Å². The van der Waals surface area contributed by atoms with Gasteiger partial charge in [-0.1, -0.05) is 17.7 Å².